The average molecular weight is 849 g/mol. The molecule has 0 saturated carbocycles. The summed E-state index contributed by atoms with van der Waals surface area (Å²) in [5.41, 5.74) is 0. The molecule has 334 valence electrons. The molecule has 2 heterocycles. The molecule has 58 heavy (non-hydrogen) atoms. The van der Waals surface area contributed by atoms with E-state index in [-0.39, 0.29) is 41.7 Å². The third kappa shape index (κ3) is 19.6. The highest BCUT2D eigenvalue weighted by Crippen LogP contribution is 2.40. The third-order valence-electron chi connectivity index (χ3n) is 12.7. The maximum absolute atomic E-state index is 12.3. The lowest BCUT2D eigenvalue weighted by atomic mass is 9.93. The topological polar surface area (TPSA) is 104 Å². The quantitative estimate of drug-likeness (QED) is 0.0248. The minimum absolute atomic E-state index is 0.0359. The van der Waals surface area contributed by atoms with E-state index in [0.717, 1.165) is 88.4 Å². The Hall–Kier alpha value is -1.24. The summed E-state index contributed by atoms with van der Waals surface area (Å²) in [5.74, 6) is -0.770. The molecule has 1 unspecified atom stereocenters. The molecule has 2 aliphatic rings. The van der Waals surface area contributed by atoms with Crippen LogP contribution in [0, 0.1) is 0 Å². The number of ether oxygens (including phenoxy) is 4. The molecule has 2 saturated heterocycles. The fourth-order valence-electron chi connectivity index (χ4n) is 8.08. The first kappa shape index (κ1) is 51.1. The van der Waals surface area contributed by atoms with Crippen molar-refractivity contribution in [2.75, 3.05) is 13.9 Å². The number of unbranched alkanes of at least 4 members (excludes halogenated alkanes) is 12. The smallest absolute Gasteiger partial charge is 0.317 e. The summed E-state index contributed by atoms with van der Waals surface area (Å²) >= 11 is 1.43. The summed E-state index contributed by atoms with van der Waals surface area (Å²) in [5, 5.41) is 20.7. The molecule has 1 aromatic rings. The van der Waals surface area contributed by atoms with Gasteiger partial charge in [-0.15, -0.1) is 11.8 Å². The Balaban J connectivity index is 1.33. The molecule has 0 bridgehead atoms. The summed E-state index contributed by atoms with van der Waals surface area (Å²) in [6.45, 7) is 13.8. The lowest BCUT2D eigenvalue weighted by Crippen LogP contribution is -2.45. The number of allylic oxidation sites excluding steroid dienone is 1. The summed E-state index contributed by atoms with van der Waals surface area (Å²) in [6.07, 6.45) is 27.6. The van der Waals surface area contributed by atoms with Crippen molar-refractivity contribution >= 4 is 26.0 Å². The number of aliphatic hydroxyl groups is 1. The fraction of sp³-hybridized carbons (Fsp3) is 0.812. The summed E-state index contributed by atoms with van der Waals surface area (Å²) < 4.78 is 31.3. The van der Waals surface area contributed by atoms with Gasteiger partial charge in [0.15, 0.2) is 8.32 Å². The van der Waals surface area contributed by atoms with Crippen molar-refractivity contribution < 1.29 is 38.4 Å². The van der Waals surface area contributed by atoms with Crippen LogP contribution in [0.3, 0.4) is 0 Å². The monoisotopic (exact) mass is 849 g/mol. The molecule has 0 spiro atoms. The molecule has 1 aromatic carbocycles. The first-order chi connectivity index (χ1) is 27.8. The second-order valence-electron chi connectivity index (χ2n) is 18.6. The maximum atomic E-state index is 12.3. The molecule has 3 rings (SSSR count). The molecule has 0 aromatic heterocycles. The SMILES string of the molecule is CCCCCCCCCC[C@@H]1O[C@H]([C@@H]2CC[C@H]([C@H](O)C/C=C/CCCCCCC[C@H](CC(Sc3ccccc3)C(=O)O)O[Si](C)(C)C(C)(C)C)O2)CC[C@H]1OCOC. The zero-order chi connectivity index (χ0) is 42.2. The standard InChI is InChI=1S/C48H84O8SSi/c1-8-9-10-11-12-17-20-26-31-43-42(53-37-52-5)33-35-45(55-43)44-34-32-41(54-44)40(49)30-25-19-16-14-13-15-18-22-27-38(56-58(6,7)48(2,3)4)36-46(47(50)51)57-39-28-23-21-24-29-39/h19,21,23-25,28-29,38,40-46,49H,8-18,20,22,26-27,30-37H2,1-7H3,(H,50,51)/b25-19+/t38-,40-,41-,42-,43+,44+,45+,46?/m1/s1. The first-order valence-electron chi connectivity index (χ1n) is 23.2. The van der Waals surface area contributed by atoms with Gasteiger partial charge < -0.3 is 33.6 Å². The van der Waals surface area contributed by atoms with Gasteiger partial charge in [-0.3, -0.25) is 4.79 Å². The average Bonchev–Trinajstić information content (AvgIpc) is 3.69. The number of carboxylic acids is 1. The number of carbonyl (C=O) groups is 1. The van der Waals surface area contributed by atoms with Crippen LogP contribution in [0.15, 0.2) is 47.4 Å². The third-order valence-corrected chi connectivity index (χ3v) is 18.4. The lowest BCUT2D eigenvalue weighted by Gasteiger charge is -2.40. The van der Waals surface area contributed by atoms with Crippen LogP contribution in [-0.2, 0) is 28.2 Å². The normalized spacial score (nSPS) is 23.3. The number of methoxy groups -OCH3 is 1. The second kappa shape index (κ2) is 28.4. The highest BCUT2D eigenvalue weighted by atomic mass is 32.2. The largest absolute Gasteiger partial charge is 0.480 e. The van der Waals surface area contributed by atoms with Crippen LogP contribution in [0.1, 0.15) is 169 Å². The van der Waals surface area contributed by atoms with Gasteiger partial charge in [-0.25, -0.2) is 0 Å². The summed E-state index contributed by atoms with van der Waals surface area (Å²) in [6, 6.07) is 9.84. The van der Waals surface area contributed by atoms with Gasteiger partial charge in [0.1, 0.15) is 12.0 Å². The number of hydrogen-bond acceptors (Lipinski definition) is 8. The number of carboxylic acid groups (broad SMARTS) is 1. The van der Waals surface area contributed by atoms with Crippen molar-refractivity contribution in [3.63, 3.8) is 0 Å². The van der Waals surface area contributed by atoms with E-state index < -0.39 is 25.6 Å². The Kier molecular flexibility index (Phi) is 25.0. The maximum Gasteiger partial charge on any atom is 0.317 e. The predicted molar refractivity (Wildman–Crippen MR) is 242 cm³/mol. The summed E-state index contributed by atoms with van der Waals surface area (Å²) in [4.78, 5) is 13.3. The van der Waals surface area contributed by atoms with Gasteiger partial charge in [0.25, 0.3) is 0 Å². The van der Waals surface area contributed by atoms with E-state index in [2.05, 4.69) is 52.9 Å². The van der Waals surface area contributed by atoms with Crippen LogP contribution in [0.25, 0.3) is 0 Å². The Labute approximate surface area is 359 Å². The minimum Gasteiger partial charge on any atom is -0.480 e. The number of benzene rings is 1. The highest BCUT2D eigenvalue weighted by Gasteiger charge is 2.41. The van der Waals surface area contributed by atoms with Crippen molar-refractivity contribution in [3.05, 3.63) is 42.5 Å². The van der Waals surface area contributed by atoms with E-state index >= 15 is 0 Å². The molecule has 8 nitrogen and oxygen atoms in total. The molecule has 2 aliphatic heterocycles. The number of rotatable bonds is 31. The minimum atomic E-state index is -2.05. The highest BCUT2D eigenvalue weighted by molar-refractivity contribution is 8.00. The first-order valence-corrected chi connectivity index (χ1v) is 27.0. The Morgan fingerprint density at radius 2 is 1.52 bits per heavy atom. The molecule has 8 atom stereocenters. The van der Waals surface area contributed by atoms with Crippen LogP contribution in [-0.4, -0.2) is 86.4 Å². The van der Waals surface area contributed by atoms with E-state index in [1.165, 1.54) is 56.7 Å². The van der Waals surface area contributed by atoms with Crippen molar-refractivity contribution in [1.29, 1.82) is 0 Å². The van der Waals surface area contributed by atoms with Gasteiger partial charge >= 0.3 is 5.97 Å². The van der Waals surface area contributed by atoms with E-state index in [4.69, 9.17) is 23.4 Å². The van der Waals surface area contributed by atoms with Gasteiger partial charge in [0.2, 0.25) is 0 Å². The number of aliphatic hydroxyl groups excluding tert-OH is 1. The van der Waals surface area contributed by atoms with Gasteiger partial charge in [-0.1, -0.05) is 135 Å². The Bertz CT molecular complexity index is 1240. The zero-order valence-electron chi connectivity index (χ0n) is 37.7. The zero-order valence-corrected chi connectivity index (χ0v) is 39.5. The molecule has 0 radical (unpaired) electrons. The van der Waals surface area contributed by atoms with Gasteiger partial charge in [0.05, 0.1) is 36.6 Å². The van der Waals surface area contributed by atoms with Crippen LogP contribution < -0.4 is 0 Å². The van der Waals surface area contributed by atoms with Crippen molar-refractivity contribution in [2.24, 2.45) is 0 Å². The molecule has 0 aliphatic carbocycles. The second-order valence-corrected chi connectivity index (χ2v) is 24.6. The Morgan fingerprint density at radius 3 is 2.19 bits per heavy atom. The van der Waals surface area contributed by atoms with Crippen LogP contribution >= 0.6 is 11.8 Å². The van der Waals surface area contributed by atoms with Crippen molar-refractivity contribution in [3.8, 4) is 0 Å². The van der Waals surface area contributed by atoms with Crippen molar-refractivity contribution in [1.82, 2.24) is 0 Å². The molecule has 0 amide bonds. The molecule has 2 N–H and O–H groups in total. The van der Waals surface area contributed by atoms with Crippen LogP contribution in [0.5, 0.6) is 0 Å². The van der Waals surface area contributed by atoms with Gasteiger partial charge in [-0.2, -0.15) is 0 Å². The van der Waals surface area contributed by atoms with Gasteiger partial charge in [0, 0.05) is 18.1 Å². The number of aliphatic carboxylic acids is 1. The van der Waals surface area contributed by atoms with E-state index in [0.29, 0.717) is 19.6 Å². The van der Waals surface area contributed by atoms with Crippen LogP contribution in [0.4, 0.5) is 0 Å². The van der Waals surface area contributed by atoms with E-state index in [1.807, 2.05) is 30.3 Å². The predicted octanol–water partition coefficient (Wildman–Crippen LogP) is 12.7. The summed E-state index contributed by atoms with van der Waals surface area (Å²) in [7, 11) is -0.377. The Morgan fingerprint density at radius 1 is 0.879 bits per heavy atom. The van der Waals surface area contributed by atoms with Gasteiger partial charge in [-0.05, 0) is 94.5 Å². The molecule has 10 heteroatoms. The molecule has 2 fully saturated rings. The number of hydrogen-bond donors (Lipinski definition) is 2. The number of thioether (sulfide) groups is 1. The molecular weight excluding hydrogens is 765 g/mol. The lowest BCUT2D eigenvalue weighted by molar-refractivity contribution is -0.198. The van der Waals surface area contributed by atoms with E-state index in [9.17, 15) is 15.0 Å². The van der Waals surface area contributed by atoms with Crippen molar-refractivity contribution in [2.45, 2.75) is 240 Å². The molecular formula is C48H84O8SSi. The van der Waals surface area contributed by atoms with Crippen LogP contribution in [0.2, 0.25) is 18.1 Å². The fourth-order valence-corrected chi connectivity index (χ4v) is 10.5. The van der Waals surface area contributed by atoms with E-state index in [1.54, 1.807) is 7.11 Å².